The van der Waals surface area contributed by atoms with Gasteiger partial charge in [0.05, 0.1) is 5.56 Å². The number of anilines is 2. The fourth-order valence-electron chi connectivity index (χ4n) is 1.76. The van der Waals surface area contributed by atoms with Crippen molar-refractivity contribution >= 4 is 23.1 Å². The summed E-state index contributed by atoms with van der Waals surface area (Å²) in [6.45, 7) is 0.186. The summed E-state index contributed by atoms with van der Waals surface area (Å²) < 4.78 is 37.9. The normalized spacial score (nSPS) is 11.3. The molecule has 1 heterocycles. The number of aromatic nitrogens is 2. The fourth-order valence-corrected chi connectivity index (χ4v) is 1.99. The molecule has 2 rings (SSSR count). The zero-order valence-electron chi connectivity index (χ0n) is 11.0. The van der Waals surface area contributed by atoms with Gasteiger partial charge in [0.2, 0.25) is 0 Å². The summed E-state index contributed by atoms with van der Waals surface area (Å²) in [6, 6.07) is 5.09. The van der Waals surface area contributed by atoms with Crippen molar-refractivity contribution in [1.82, 2.24) is 9.97 Å². The zero-order valence-corrected chi connectivity index (χ0v) is 11.8. The van der Waals surface area contributed by atoms with Gasteiger partial charge in [0, 0.05) is 13.6 Å². The Morgan fingerprint density at radius 3 is 2.67 bits per heavy atom. The van der Waals surface area contributed by atoms with E-state index in [-0.39, 0.29) is 11.7 Å². The molecule has 0 radical (unpaired) electrons. The van der Waals surface area contributed by atoms with E-state index in [9.17, 15) is 13.2 Å². The second kappa shape index (κ2) is 6.17. The summed E-state index contributed by atoms with van der Waals surface area (Å²) in [5, 5.41) is 6.01. The third-order valence-electron chi connectivity index (χ3n) is 2.77. The van der Waals surface area contributed by atoms with Crippen LogP contribution in [0.4, 0.5) is 24.7 Å². The molecule has 2 N–H and O–H groups in total. The number of rotatable bonds is 4. The first kappa shape index (κ1) is 15.4. The lowest BCUT2D eigenvalue weighted by atomic mass is 10.1. The van der Waals surface area contributed by atoms with Crippen LogP contribution in [0.15, 0.2) is 30.6 Å². The van der Waals surface area contributed by atoms with E-state index in [1.54, 1.807) is 13.1 Å². The third-order valence-corrected chi connectivity index (χ3v) is 3.05. The monoisotopic (exact) mass is 316 g/mol. The van der Waals surface area contributed by atoms with Crippen molar-refractivity contribution in [3.05, 3.63) is 46.9 Å². The number of nitrogens with zero attached hydrogens (tertiary/aromatic N) is 2. The molecule has 112 valence electrons. The van der Waals surface area contributed by atoms with Crippen molar-refractivity contribution in [3.8, 4) is 0 Å². The number of nitrogens with one attached hydrogen (secondary N) is 2. The first-order valence-corrected chi connectivity index (χ1v) is 6.38. The minimum atomic E-state index is -4.36. The topological polar surface area (TPSA) is 49.8 Å². The minimum Gasteiger partial charge on any atom is -0.383 e. The molecule has 0 aliphatic carbocycles. The largest absolute Gasteiger partial charge is 0.416 e. The van der Waals surface area contributed by atoms with Gasteiger partial charge in [-0.25, -0.2) is 9.97 Å². The molecule has 0 aliphatic rings. The lowest BCUT2D eigenvalue weighted by Gasteiger charge is -2.12. The van der Waals surface area contributed by atoms with Crippen LogP contribution in [0.5, 0.6) is 0 Å². The summed E-state index contributed by atoms with van der Waals surface area (Å²) in [4.78, 5) is 7.82. The smallest absolute Gasteiger partial charge is 0.383 e. The molecule has 21 heavy (non-hydrogen) atoms. The predicted molar refractivity (Wildman–Crippen MR) is 75.4 cm³/mol. The summed E-state index contributed by atoms with van der Waals surface area (Å²) >= 11 is 5.89. The quantitative estimate of drug-likeness (QED) is 0.842. The van der Waals surface area contributed by atoms with E-state index >= 15 is 0 Å². The Bertz CT molecular complexity index is 631. The molecule has 0 unspecified atom stereocenters. The number of benzene rings is 1. The van der Waals surface area contributed by atoms with Crippen LogP contribution in [0.3, 0.4) is 0 Å². The Kier molecular flexibility index (Phi) is 4.52. The summed E-state index contributed by atoms with van der Waals surface area (Å²) in [6.07, 6.45) is -3.08. The molecule has 0 saturated heterocycles. The molecule has 1 aromatic heterocycles. The molecule has 0 spiro atoms. The van der Waals surface area contributed by atoms with E-state index in [1.807, 2.05) is 0 Å². The van der Waals surface area contributed by atoms with E-state index < -0.39 is 11.7 Å². The van der Waals surface area contributed by atoms with Gasteiger partial charge in [-0.05, 0) is 17.7 Å². The van der Waals surface area contributed by atoms with E-state index in [2.05, 4.69) is 20.6 Å². The second-order valence-corrected chi connectivity index (χ2v) is 4.55. The number of halogens is 4. The van der Waals surface area contributed by atoms with Crippen LogP contribution >= 0.6 is 11.6 Å². The van der Waals surface area contributed by atoms with Gasteiger partial charge in [0.1, 0.15) is 12.0 Å². The van der Waals surface area contributed by atoms with Gasteiger partial charge in [-0.2, -0.15) is 13.2 Å². The molecule has 0 aliphatic heterocycles. The molecular weight excluding hydrogens is 305 g/mol. The molecule has 1 aromatic carbocycles. The highest BCUT2D eigenvalue weighted by atomic mass is 35.5. The Balaban J connectivity index is 2.16. The van der Waals surface area contributed by atoms with E-state index in [0.717, 1.165) is 12.1 Å². The summed E-state index contributed by atoms with van der Waals surface area (Å²) in [5.41, 5.74) is 0.295. The highest BCUT2D eigenvalue weighted by Gasteiger charge is 2.30. The van der Waals surface area contributed by atoms with Crippen molar-refractivity contribution in [2.24, 2.45) is 0 Å². The predicted octanol–water partition coefficient (Wildman–Crippen LogP) is 3.80. The Morgan fingerprint density at radius 2 is 2.00 bits per heavy atom. The zero-order chi connectivity index (χ0) is 15.5. The Hall–Kier alpha value is -2.02. The van der Waals surface area contributed by atoms with Crippen molar-refractivity contribution in [3.63, 3.8) is 0 Å². The van der Waals surface area contributed by atoms with Gasteiger partial charge in [0.25, 0.3) is 0 Å². The van der Waals surface area contributed by atoms with Crippen LogP contribution in [-0.2, 0) is 12.7 Å². The first-order chi connectivity index (χ1) is 9.91. The van der Waals surface area contributed by atoms with E-state index in [4.69, 9.17) is 11.6 Å². The van der Waals surface area contributed by atoms with Gasteiger partial charge in [0.15, 0.2) is 11.0 Å². The molecule has 4 nitrogen and oxygen atoms in total. The lowest BCUT2D eigenvalue weighted by Crippen LogP contribution is -2.08. The third kappa shape index (κ3) is 3.75. The van der Waals surface area contributed by atoms with Gasteiger partial charge < -0.3 is 10.6 Å². The SMILES string of the molecule is CNc1c(Cl)ncnc1NCc1cccc(C(F)(F)F)c1. The maximum absolute atomic E-state index is 12.6. The Morgan fingerprint density at radius 1 is 1.24 bits per heavy atom. The molecule has 0 fully saturated rings. The molecule has 0 bridgehead atoms. The van der Waals surface area contributed by atoms with Crippen LogP contribution in [0.25, 0.3) is 0 Å². The van der Waals surface area contributed by atoms with Gasteiger partial charge in [-0.1, -0.05) is 23.7 Å². The highest BCUT2D eigenvalue weighted by Crippen LogP contribution is 2.30. The molecule has 2 aromatic rings. The molecular formula is C13H12ClF3N4. The Labute approximate surface area is 124 Å². The van der Waals surface area contributed by atoms with Crippen LogP contribution < -0.4 is 10.6 Å². The van der Waals surface area contributed by atoms with Gasteiger partial charge in [-0.3, -0.25) is 0 Å². The summed E-state index contributed by atoms with van der Waals surface area (Å²) in [7, 11) is 1.65. The maximum Gasteiger partial charge on any atom is 0.416 e. The van der Waals surface area contributed by atoms with Crippen molar-refractivity contribution < 1.29 is 13.2 Å². The average molecular weight is 317 g/mol. The van der Waals surface area contributed by atoms with Gasteiger partial charge in [-0.15, -0.1) is 0 Å². The number of hydrogen-bond donors (Lipinski definition) is 2. The number of hydrogen-bond acceptors (Lipinski definition) is 4. The minimum absolute atomic E-state index is 0.186. The first-order valence-electron chi connectivity index (χ1n) is 6.00. The standard InChI is InChI=1S/C13H12ClF3N4/c1-18-10-11(14)20-7-21-12(10)19-6-8-3-2-4-9(5-8)13(15,16)17/h2-5,7,18H,6H2,1H3,(H,19,20,21). The fraction of sp³-hybridized carbons (Fsp3) is 0.231. The van der Waals surface area contributed by atoms with Crippen LogP contribution in [0.2, 0.25) is 5.15 Å². The highest BCUT2D eigenvalue weighted by molar-refractivity contribution is 6.32. The average Bonchev–Trinajstić information content (AvgIpc) is 2.44. The van der Waals surface area contributed by atoms with Crippen LogP contribution in [0.1, 0.15) is 11.1 Å². The van der Waals surface area contributed by atoms with E-state index in [0.29, 0.717) is 17.1 Å². The van der Waals surface area contributed by atoms with E-state index in [1.165, 1.54) is 12.4 Å². The van der Waals surface area contributed by atoms with Crippen LogP contribution in [-0.4, -0.2) is 17.0 Å². The molecule has 0 saturated carbocycles. The van der Waals surface area contributed by atoms with Crippen molar-refractivity contribution in [2.75, 3.05) is 17.7 Å². The number of alkyl halides is 3. The lowest BCUT2D eigenvalue weighted by molar-refractivity contribution is -0.137. The van der Waals surface area contributed by atoms with Gasteiger partial charge >= 0.3 is 6.18 Å². The van der Waals surface area contributed by atoms with Crippen molar-refractivity contribution in [2.45, 2.75) is 12.7 Å². The van der Waals surface area contributed by atoms with Crippen LogP contribution in [0, 0.1) is 0 Å². The second-order valence-electron chi connectivity index (χ2n) is 4.19. The molecule has 0 atom stereocenters. The maximum atomic E-state index is 12.6. The summed E-state index contributed by atoms with van der Waals surface area (Å²) in [5.74, 6) is 0.426. The van der Waals surface area contributed by atoms with Crippen molar-refractivity contribution in [1.29, 1.82) is 0 Å². The molecule has 8 heteroatoms. The molecule has 0 amide bonds.